The molecule has 1 nitrogen and oxygen atoms in total. The van der Waals surface area contributed by atoms with Crippen LogP contribution < -0.4 is 0 Å². The molecule has 14 heavy (non-hydrogen) atoms. The molecule has 0 radical (unpaired) electrons. The lowest BCUT2D eigenvalue weighted by atomic mass is 9.44. The molecule has 5 rings (SSSR count). The molecule has 0 saturated heterocycles. The van der Waals surface area contributed by atoms with E-state index in [1.165, 1.54) is 0 Å². The van der Waals surface area contributed by atoms with Crippen LogP contribution in [-0.4, -0.2) is 11.2 Å². The van der Waals surface area contributed by atoms with Gasteiger partial charge >= 0.3 is 0 Å². The van der Waals surface area contributed by atoms with Gasteiger partial charge in [-0.1, -0.05) is 24.3 Å². The summed E-state index contributed by atoms with van der Waals surface area (Å²) in [5, 5.41) is 10.3. The third-order valence-electron chi connectivity index (χ3n) is 5.90. The van der Waals surface area contributed by atoms with E-state index in [1.807, 2.05) is 0 Å². The summed E-state index contributed by atoms with van der Waals surface area (Å²) in [7, 11) is 0. The SMILES string of the molecule is OC1[C@@H]2[C@H]3C=C[C@@H]4[C@@H]5C=C[C@H]3[C@H]1[C@@H]5[C@@H]42. The Balaban J connectivity index is 1.85. The Morgan fingerprint density at radius 2 is 0.929 bits per heavy atom. The van der Waals surface area contributed by atoms with Gasteiger partial charge < -0.3 is 5.11 Å². The molecule has 0 aromatic rings. The van der Waals surface area contributed by atoms with Crippen molar-refractivity contribution in [2.45, 2.75) is 6.10 Å². The smallest absolute Gasteiger partial charge is 0.0614 e. The minimum absolute atomic E-state index is 0.0300. The Morgan fingerprint density at radius 1 is 0.571 bits per heavy atom. The first-order valence-electron chi connectivity index (χ1n) is 5.92. The minimum Gasteiger partial charge on any atom is -0.392 e. The topological polar surface area (TPSA) is 20.2 Å². The summed E-state index contributed by atoms with van der Waals surface area (Å²) < 4.78 is 0. The largest absolute Gasteiger partial charge is 0.392 e. The molecule has 0 aromatic carbocycles. The number of fused-ring (bicyclic) bond motifs is 2. The number of hydrogen-bond acceptors (Lipinski definition) is 1. The van der Waals surface area contributed by atoms with Gasteiger partial charge in [-0.25, -0.2) is 0 Å². The fourth-order valence-electron chi connectivity index (χ4n) is 5.64. The third-order valence-corrected chi connectivity index (χ3v) is 5.90. The van der Waals surface area contributed by atoms with Crippen molar-refractivity contribution in [3.8, 4) is 0 Å². The maximum Gasteiger partial charge on any atom is 0.0614 e. The van der Waals surface area contributed by atoms with Crippen LogP contribution in [0.3, 0.4) is 0 Å². The monoisotopic (exact) mass is 186 g/mol. The molecule has 1 N–H and O–H groups in total. The standard InChI is InChI=1S/C13H14O/c14-13-11-7-3-1-5-6-2-4-8(7)12(13)10(6)9(5)11/h1-14H/t5-,6+,7+,8-,9-,10+,11-,12+,13?. The van der Waals surface area contributed by atoms with Crippen LogP contribution in [-0.2, 0) is 0 Å². The summed E-state index contributed by atoms with van der Waals surface area (Å²) in [5.41, 5.74) is 0. The van der Waals surface area contributed by atoms with E-state index in [0.29, 0.717) is 23.7 Å². The summed E-state index contributed by atoms with van der Waals surface area (Å²) in [6.45, 7) is 0. The molecule has 0 amide bonds. The maximum atomic E-state index is 10.3. The quantitative estimate of drug-likeness (QED) is 0.568. The Labute approximate surface area is 83.5 Å². The molecule has 72 valence electrons. The highest BCUT2D eigenvalue weighted by Gasteiger charge is 2.72. The van der Waals surface area contributed by atoms with Gasteiger partial charge in [-0.3, -0.25) is 0 Å². The molecular weight excluding hydrogens is 172 g/mol. The van der Waals surface area contributed by atoms with E-state index >= 15 is 0 Å². The van der Waals surface area contributed by atoms with Gasteiger partial charge in [-0.15, -0.1) is 0 Å². The number of aliphatic hydroxyl groups is 1. The van der Waals surface area contributed by atoms with E-state index in [1.54, 1.807) is 0 Å². The van der Waals surface area contributed by atoms with E-state index in [9.17, 15) is 5.11 Å². The molecule has 0 spiro atoms. The minimum atomic E-state index is 0.0300. The molecule has 0 aromatic heterocycles. The Kier molecular flexibility index (Phi) is 0.858. The van der Waals surface area contributed by atoms with Crippen molar-refractivity contribution in [2.75, 3.05) is 0 Å². The molecule has 5 aliphatic rings. The highest BCUT2D eigenvalue weighted by atomic mass is 16.3. The number of allylic oxidation sites excluding steroid dienone is 4. The van der Waals surface area contributed by atoms with Crippen molar-refractivity contribution in [2.24, 2.45) is 47.3 Å². The van der Waals surface area contributed by atoms with Gasteiger partial charge in [0.15, 0.2) is 0 Å². The van der Waals surface area contributed by atoms with Gasteiger partial charge in [0.2, 0.25) is 0 Å². The zero-order valence-corrected chi connectivity index (χ0v) is 7.95. The fraction of sp³-hybridized carbons (Fsp3) is 0.692. The highest BCUT2D eigenvalue weighted by molar-refractivity contribution is 5.35. The van der Waals surface area contributed by atoms with Gasteiger partial charge in [-0.05, 0) is 47.3 Å². The summed E-state index contributed by atoms with van der Waals surface area (Å²) in [4.78, 5) is 0. The van der Waals surface area contributed by atoms with Crippen molar-refractivity contribution >= 4 is 0 Å². The molecule has 0 heterocycles. The molecular formula is C13H14O. The van der Waals surface area contributed by atoms with Crippen LogP contribution in [0.4, 0.5) is 0 Å². The van der Waals surface area contributed by atoms with Crippen LogP contribution in [0.2, 0.25) is 0 Å². The molecule has 3 saturated carbocycles. The summed E-state index contributed by atoms with van der Waals surface area (Å²) in [6, 6.07) is 0. The van der Waals surface area contributed by atoms with E-state index < -0.39 is 0 Å². The molecule has 9 atom stereocenters. The van der Waals surface area contributed by atoms with Crippen LogP contribution in [0.15, 0.2) is 24.3 Å². The normalized spacial score (nSPS) is 74.2. The molecule has 5 aliphatic carbocycles. The van der Waals surface area contributed by atoms with E-state index in [-0.39, 0.29) is 6.10 Å². The van der Waals surface area contributed by atoms with Gasteiger partial charge in [0.25, 0.3) is 0 Å². The molecule has 3 fully saturated rings. The van der Waals surface area contributed by atoms with Gasteiger partial charge in [0, 0.05) is 0 Å². The van der Waals surface area contributed by atoms with Crippen molar-refractivity contribution in [3.63, 3.8) is 0 Å². The predicted molar refractivity (Wildman–Crippen MR) is 52.2 cm³/mol. The number of aliphatic hydroxyl groups excluding tert-OH is 1. The van der Waals surface area contributed by atoms with Gasteiger partial charge in [0.1, 0.15) is 0 Å². The maximum absolute atomic E-state index is 10.3. The average Bonchev–Trinajstić information content (AvgIpc) is 2.56. The van der Waals surface area contributed by atoms with Gasteiger partial charge in [-0.2, -0.15) is 0 Å². The first-order chi connectivity index (χ1) is 6.88. The van der Waals surface area contributed by atoms with Crippen LogP contribution in [0.25, 0.3) is 0 Å². The second-order valence-electron chi connectivity index (χ2n) is 5.88. The highest BCUT2D eigenvalue weighted by Crippen LogP contribution is 2.74. The first kappa shape index (κ1) is 6.84. The molecule has 2 bridgehead atoms. The third kappa shape index (κ3) is 0.437. The lowest BCUT2D eigenvalue weighted by Crippen LogP contribution is -2.55. The Bertz CT molecular complexity index is 347. The Morgan fingerprint density at radius 3 is 1.36 bits per heavy atom. The van der Waals surface area contributed by atoms with E-state index in [0.717, 1.165) is 23.7 Å². The second kappa shape index (κ2) is 1.76. The summed E-state index contributed by atoms with van der Waals surface area (Å²) >= 11 is 0. The fourth-order valence-corrected chi connectivity index (χ4v) is 5.64. The van der Waals surface area contributed by atoms with Crippen molar-refractivity contribution in [1.82, 2.24) is 0 Å². The summed E-state index contributed by atoms with van der Waals surface area (Å²) in [5.74, 6) is 5.93. The van der Waals surface area contributed by atoms with Crippen molar-refractivity contribution < 1.29 is 5.11 Å². The van der Waals surface area contributed by atoms with Gasteiger partial charge in [0.05, 0.1) is 6.10 Å². The van der Waals surface area contributed by atoms with Crippen LogP contribution >= 0.6 is 0 Å². The van der Waals surface area contributed by atoms with Crippen molar-refractivity contribution in [1.29, 1.82) is 0 Å². The van der Waals surface area contributed by atoms with E-state index in [4.69, 9.17) is 0 Å². The van der Waals surface area contributed by atoms with Crippen LogP contribution in [0, 0.1) is 47.3 Å². The predicted octanol–water partition coefficient (Wildman–Crippen LogP) is 1.46. The zero-order chi connectivity index (χ0) is 9.02. The molecule has 1 unspecified atom stereocenters. The molecule has 1 heteroatoms. The lowest BCUT2D eigenvalue weighted by Gasteiger charge is -2.60. The molecule has 0 aliphatic heterocycles. The van der Waals surface area contributed by atoms with Crippen LogP contribution in [0.1, 0.15) is 0 Å². The number of hydrogen-bond donors (Lipinski definition) is 1. The first-order valence-corrected chi connectivity index (χ1v) is 5.92. The number of rotatable bonds is 0. The second-order valence-corrected chi connectivity index (χ2v) is 5.88. The summed E-state index contributed by atoms with van der Waals surface area (Å²) in [6.07, 6.45) is 9.79. The zero-order valence-electron chi connectivity index (χ0n) is 7.95. The average molecular weight is 186 g/mol. The lowest BCUT2D eigenvalue weighted by molar-refractivity contribution is -0.0558. The Hall–Kier alpha value is -0.560. The van der Waals surface area contributed by atoms with Crippen LogP contribution in [0.5, 0.6) is 0 Å². The van der Waals surface area contributed by atoms with Crippen molar-refractivity contribution in [3.05, 3.63) is 24.3 Å². The van der Waals surface area contributed by atoms with E-state index in [2.05, 4.69) is 24.3 Å².